The van der Waals surface area contributed by atoms with E-state index in [0.717, 1.165) is 34.3 Å². The van der Waals surface area contributed by atoms with Gasteiger partial charge in [-0.1, -0.05) is 49.7 Å². The molecule has 4 rings (SSSR count). The summed E-state index contributed by atoms with van der Waals surface area (Å²) < 4.78 is 0. The van der Waals surface area contributed by atoms with E-state index in [4.69, 9.17) is 0 Å². The average molecular weight is 409 g/mol. The summed E-state index contributed by atoms with van der Waals surface area (Å²) in [6.07, 6.45) is 3.50. The zero-order chi connectivity index (χ0) is 21.5. The molecule has 4 aromatic rings. The molecular formula is C26H24N4O. The number of unbranched alkanes of at least 4 members (excludes halogenated alkanes) is 1. The Balaban J connectivity index is 1.44. The van der Waals surface area contributed by atoms with E-state index in [0.29, 0.717) is 5.69 Å². The van der Waals surface area contributed by atoms with Gasteiger partial charge in [-0.3, -0.25) is 0 Å². The highest BCUT2D eigenvalue weighted by Crippen LogP contribution is 2.33. The third kappa shape index (κ3) is 5.20. The molecule has 0 bridgehead atoms. The molecule has 0 atom stereocenters. The van der Waals surface area contributed by atoms with Crippen LogP contribution < -0.4 is 0 Å². The van der Waals surface area contributed by atoms with Crippen LogP contribution in [0.3, 0.4) is 0 Å². The number of rotatable bonds is 7. The van der Waals surface area contributed by atoms with Gasteiger partial charge in [0.2, 0.25) is 0 Å². The van der Waals surface area contributed by atoms with Crippen molar-refractivity contribution in [1.82, 2.24) is 0 Å². The van der Waals surface area contributed by atoms with Crippen LogP contribution >= 0.6 is 0 Å². The zero-order valence-electron chi connectivity index (χ0n) is 17.4. The monoisotopic (exact) mass is 408 g/mol. The quantitative estimate of drug-likeness (QED) is 0.305. The van der Waals surface area contributed by atoms with Gasteiger partial charge in [-0.05, 0) is 66.9 Å². The maximum absolute atomic E-state index is 10.0. The second-order valence-corrected chi connectivity index (χ2v) is 7.34. The number of fused-ring (bicyclic) bond motifs is 1. The van der Waals surface area contributed by atoms with Crippen molar-refractivity contribution in [3.05, 3.63) is 90.5 Å². The second kappa shape index (κ2) is 9.76. The molecule has 31 heavy (non-hydrogen) atoms. The lowest BCUT2D eigenvalue weighted by Gasteiger charge is -2.03. The fraction of sp³-hybridized carbons (Fsp3) is 0.154. The molecule has 0 aliphatic rings. The lowest BCUT2D eigenvalue weighted by atomic mass is 10.1. The summed E-state index contributed by atoms with van der Waals surface area (Å²) in [4.78, 5) is 0. The molecule has 0 unspecified atom stereocenters. The van der Waals surface area contributed by atoms with E-state index in [2.05, 4.69) is 39.5 Å². The van der Waals surface area contributed by atoms with Crippen LogP contribution in [0.15, 0.2) is 105 Å². The van der Waals surface area contributed by atoms with Gasteiger partial charge in [0.05, 0.1) is 22.7 Å². The Kier molecular flexibility index (Phi) is 6.43. The second-order valence-electron chi connectivity index (χ2n) is 7.34. The van der Waals surface area contributed by atoms with Gasteiger partial charge in [0.1, 0.15) is 5.75 Å². The fourth-order valence-electron chi connectivity index (χ4n) is 3.28. The Labute approximate surface area is 181 Å². The molecule has 0 aromatic heterocycles. The minimum absolute atomic E-state index is 0.236. The maximum Gasteiger partial charge on any atom is 0.123 e. The van der Waals surface area contributed by atoms with Crippen LogP contribution in [0.2, 0.25) is 0 Å². The minimum Gasteiger partial charge on any atom is -0.507 e. The topological polar surface area (TPSA) is 69.7 Å². The first-order valence-electron chi connectivity index (χ1n) is 10.5. The molecule has 0 fully saturated rings. The highest BCUT2D eigenvalue weighted by Gasteiger charge is 2.04. The van der Waals surface area contributed by atoms with Crippen LogP contribution in [0.25, 0.3) is 10.8 Å². The molecule has 1 N–H and O–H groups in total. The summed E-state index contributed by atoms with van der Waals surface area (Å²) in [5.74, 6) is 0.236. The van der Waals surface area contributed by atoms with E-state index in [1.165, 1.54) is 18.4 Å². The van der Waals surface area contributed by atoms with Gasteiger partial charge in [-0.25, -0.2) is 0 Å². The van der Waals surface area contributed by atoms with E-state index >= 15 is 0 Å². The van der Waals surface area contributed by atoms with Crippen molar-refractivity contribution in [3.8, 4) is 5.75 Å². The van der Waals surface area contributed by atoms with Crippen LogP contribution in [0.5, 0.6) is 5.75 Å². The van der Waals surface area contributed by atoms with Gasteiger partial charge in [0.15, 0.2) is 0 Å². The summed E-state index contributed by atoms with van der Waals surface area (Å²) in [6, 6.07) is 26.6. The van der Waals surface area contributed by atoms with E-state index in [1.54, 1.807) is 12.1 Å². The van der Waals surface area contributed by atoms with Crippen molar-refractivity contribution >= 4 is 33.5 Å². The Morgan fingerprint density at radius 3 is 1.77 bits per heavy atom. The lowest BCUT2D eigenvalue weighted by molar-refractivity contribution is 0.481. The first kappa shape index (κ1) is 20.4. The molecule has 0 aliphatic heterocycles. The molecular weight excluding hydrogens is 384 g/mol. The Morgan fingerprint density at radius 1 is 0.613 bits per heavy atom. The van der Waals surface area contributed by atoms with Crippen molar-refractivity contribution in [1.29, 1.82) is 0 Å². The summed E-state index contributed by atoms with van der Waals surface area (Å²) in [5.41, 5.74) is 4.35. The predicted molar refractivity (Wildman–Crippen MR) is 125 cm³/mol. The summed E-state index contributed by atoms with van der Waals surface area (Å²) in [7, 11) is 0. The number of aryl methyl sites for hydroxylation is 1. The number of azo groups is 2. The average Bonchev–Trinajstić information content (AvgIpc) is 2.82. The van der Waals surface area contributed by atoms with Crippen molar-refractivity contribution < 1.29 is 5.11 Å². The summed E-state index contributed by atoms with van der Waals surface area (Å²) in [6.45, 7) is 2.20. The van der Waals surface area contributed by atoms with E-state index in [-0.39, 0.29) is 5.75 Å². The van der Waals surface area contributed by atoms with E-state index in [1.807, 2.05) is 60.7 Å². The molecule has 0 spiro atoms. The number of nitrogens with zero attached hydrogens (tertiary/aromatic N) is 4. The molecule has 0 aliphatic carbocycles. The Bertz CT molecular complexity index is 1210. The standard InChI is InChI=1S/C26H24N4O/c1-2-3-6-19-9-11-20(12-10-19)27-28-21-13-15-22(16-14-21)29-30-25-17-18-26(31)24-8-5-4-7-23(24)25/h4-5,7-18,31H,2-3,6H2,1H3. The number of phenols is 1. The zero-order valence-corrected chi connectivity index (χ0v) is 17.4. The van der Waals surface area contributed by atoms with E-state index < -0.39 is 0 Å². The fourth-order valence-corrected chi connectivity index (χ4v) is 3.28. The van der Waals surface area contributed by atoms with Crippen LogP contribution in [0, 0.1) is 0 Å². The Morgan fingerprint density at radius 2 is 1.16 bits per heavy atom. The normalized spacial score (nSPS) is 11.6. The smallest absolute Gasteiger partial charge is 0.123 e. The largest absolute Gasteiger partial charge is 0.507 e. The minimum atomic E-state index is 0.236. The van der Waals surface area contributed by atoms with Gasteiger partial charge in [-0.15, -0.1) is 5.11 Å². The van der Waals surface area contributed by atoms with Gasteiger partial charge >= 0.3 is 0 Å². The lowest BCUT2D eigenvalue weighted by Crippen LogP contribution is -1.82. The summed E-state index contributed by atoms with van der Waals surface area (Å²) in [5, 5.41) is 28.9. The number of hydrogen-bond donors (Lipinski definition) is 1. The van der Waals surface area contributed by atoms with Crippen molar-refractivity contribution in [2.24, 2.45) is 20.5 Å². The molecule has 5 nitrogen and oxygen atoms in total. The predicted octanol–water partition coefficient (Wildman–Crippen LogP) is 8.72. The van der Waals surface area contributed by atoms with Crippen LogP contribution in [-0.2, 0) is 6.42 Å². The number of hydrogen-bond acceptors (Lipinski definition) is 5. The van der Waals surface area contributed by atoms with E-state index in [9.17, 15) is 5.11 Å². The van der Waals surface area contributed by atoms with Gasteiger partial charge in [0.25, 0.3) is 0 Å². The van der Waals surface area contributed by atoms with Crippen molar-refractivity contribution in [2.75, 3.05) is 0 Å². The molecule has 5 heteroatoms. The van der Waals surface area contributed by atoms with Crippen LogP contribution in [0.4, 0.5) is 22.7 Å². The molecule has 0 amide bonds. The first-order chi connectivity index (χ1) is 15.2. The molecule has 0 saturated carbocycles. The highest BCUT2D eigenvalue weighted by atomic mass is 16.3. The third-order valence-electron chi connectivity index (χ3n) is 5.04. The van der Waals surface area contributed by atoms with Gasteiger partial charge in [0, 0.05) is 10.8 Å². The molecule has 0 heterocycles. The number of aromatic hydroxyl groups is 1. The molecule has 0 radical (unpaired) electrons. The maximum atomic E-state index is 10.0. The number of benzene rings is 4. The van der Waals surface area contributed by atoms with Gasteiger partial charge < -0.3 is 5.11 Å². The molecule has 4 aromatic carbocycles. The molecule has 0 saturated heterocycles. The van der Waals surface area contributed by atoms with Crippen LogP contribution in [0.1, 0.15) is 25.3 Å². The molecule has 154 valence electrons. The third-order valence-corrected chi connectivity index (χ3v) is 5.04. The van der Waals surface area contributed by atoms with Crippen molar-refractivity contribution in [2.45, 2.75) is 26.2 Å². The Hall–Kier alpha value is -3.86. The highest BCUT2D eigenvalue weighted by molar-refractivity contribution is 5.96. The van der Waals surface area contributed by atoms with Crippen molar-refractivity contribution in [3.63, 3.8) is 0 Å². The summed E-state index contributed by atoms with van der Waals surface area (Å²) >= 11 is 0. The SMILES string of the molecule is CCCCc1ccc(N=Nc2ccc(N=Nc3ccc(O)c4ccccc34)cc2)cc1. The number of phenolic OH excluding ortho intramolecular Hbond substituents is 1. The van der Waals surface area contributed by atoms with Gasteiger partial charge in [-0.2, -0.15) is 15.3 Å². The van der Waals surface area contributed by atoms with Crippen LogP contribution in [-0.4, -0.2) is 5.11 Å². The first-order valence-corrected chi connectivity index (χ1v) is 10.5.